The summed E-state index contributed by atoms with van der Waals surface area (Å²) in [4.78, 5) is 6.33. The van der Waals surface area contributed by atoms with Crippen LogP contribution < -0.4 is 4.74 Å². The Balaban J connectivity index is 1.75. The molecule has 2 heterocycles. The van der Waals surface area contributed by atoms with Crippen LogP contribution in [0.15, 0.2) is 42.7 Å². The minimum absolute atomic E-state index is 0.651. The number of rotatable bonds is 2. The Morgan fingerprint density at radius 2 is 2.06 bits per heavy atom. The predicted octanol–water partition coefficient (Wildman–Crippen LogP) is 2.74. The van der Waals surface area contributed by atoms with E-state index in [-0.39, 0.29) is 0 Å². The fraction of sp³-hybridized carbons (Fsp3) is 0.267. The van der Waals surface area contributed by atoms with Gasteiger partial charge in [-0.15, -0.1) is 0 Å². The van der Waals surface area contributed by atoms with Crippen molar-refractivity contribution >= 4 is 0 Å². The molecule has 3 heteroatoms. The first kappa shape index (κ1) is 11.2. The molecule has 1 aliphatic rings. The van der Waals surface area contributed by atoms with Gasteiger partial charge in [0.1, 0.15) is 12.5 Å². The molecular formula is C15H16N2O. The van der Waals surface area contributed by atoms with Crippen LogP contribution in [0.3, 0.4) is 0 Å². The first-order chi connectivity index (χ1) is 8.81. The van der Waals surface area contributed by atoms with Crippen molar-refractivity contribution in [3.05, 3.63) is 59.4 Å². The molecule has 0 saturated carbocycles. The van der Waals surface area contributed by atoms with Gasteiger partial charge in [-0.1, -0.05) is 17.7 Å². The van der Waals surface area contributed by atoms with Crippen LogP contribution in [0.4, 0.5) is 0 Å². The van der Waals surface area contributed by atoms with Gasteiger partial charge in [0, 0.05) is 31.0 Å². The number of nitrogens with zero attached hydrogens (tertiary/aromatic N) is 2. The van der Waals surface area contributed by atoms with E-state index in [4.69, 9.17) is 4.74 Å². The van der Waals surface area contributed by atoms with E-state index in [0.29, 0.717) is 6.73 Å². The number of pyridine rings is 1. The van der Waals surface area contributed by atoms with Gasteiger partial charge in [0.05, 0.1) is 0 Å². The van der Waals surface area contributed by atoms with Crippen LogP contribution in [0.2, 0.25) is 0 Å². The molecule has 1 aromatic heterocycles. The zero-order valence-electron chi connectivity index (χ0n) is 10.5. The largest absolute Gasteiger partial charge is 0.478 e. The number of fused-ring (bicyclic) bond motifs is 1. The third-order valence-corrected chi connectivity index (χ3v) is 3.17. The summed E-state index contributed by atoms with van der Waals surface area (Å²) in [6.45, 7) is 4.61. The molecule has 0 spiro atoms. The Hall–Kier alpha value is -1.87. The highest BCUT2D eigenvalue weighted by Crippen LogP contribution is 2.26. The van der Waals surface area contributed by atoms with Crippen LogP contribution in [0, 0.1) is 6.92 Å². The lowest BCUT2D eigenvalue weighted by Gasteiger charge is -2.29. The summed E-state index contributed by atoms with van der Waals surface area (Å²) in [6, 6.07) is 10.5. The second kappa shape index (κ2) is 4.78. The highest BCUT2D eigenvalue weighted by atomic mass is 16.5. The van der Waals surface area contributed by atoms with Crippen LogP contribution in [0.5, 0.6) is 5.75 Å². The van der Waals surface area contributed by atoms with E-state index in [2.05, 4.69) is 35.0 Å². The molecular weight excluding hydrogens is 224 g/mol. The summed E-state index contributed by atoms with van der Waals surface area (Å²) in [5.74, 6) is 1.02. The molecule has 0 saturated heterocycles. The zero-order valence-corrected chi connectivity index (χ0v) is 10.5. The molecule has 0 bridgehead atoms. The second-order valence-electron chi connectivity index (χ2n) is 4.73. The van der Waals surface area contributed by atoms with Crippen molar-refractivity contribution < 1.29 is 4.74 Å². The SMILES string of the molecule is Cc1ccc2c(c1)CN(Cc1ccncc1)CO2. The van der Waals surface area contributed by atoms with E-state index in [1.807, 2.05) is 24.5 Å². The molecule has 0 radical (unpaired) electrons. The van der Waals surface area contributed by atoms with Crippen molar-refractivity contribution in [1.82, 2.24) is 9.88 Å². The molecule has 92 valence electrons. The number of aromatic nitrogens is 1. The molecule has 0 atom stereocenters. The second-order valence-corrected chi connectivity index (χ2v) is 4.73. The monoisotopic (exact) mass is 240 g/mol. The molecule has 3 rings (SSSR count). The average molecular weight is 240 g/mol. The smallest absolute Gasteiger partial charge is 0.142 e. The summed E-state index contributed by atoms with van der Waals surface area (Å²) in [5.41, 5.74) is 3.82. The maximum Gasteiger partial charge on any atom is 0.142 e. The minimum atomic E-state index is 0.651. The Kier molecular flexibility index (Phi) is 2.99. The summed E-state index contributed by atoms with van der Waals surface area (Å²) in [5, 5.41) is 0. The van der Waals surface area contributed by atoms with E-state index < -0.39 is 0 Å². The van der Waals surface area contributed by atoms with E-state index in [1.54, 1.807) is 0 Å². The fourth-order valence-corrected chi connectivity index (χ4v) is 2.27. The topological polar surface area (TPSA) is 25.4 Å². The Bertz CT molecular complexity index is 539. The summed E-state index contributed by atoms with van der Waals surface area (Å²) < 4.78 is 5.77. The number of aryl methyl sites for hydroxylation is 1. The summed E-state index contributed by atoms with van der Waals surface area (Å²) >= 11 is 0. The maximum absolute atomic E-state index is 5.77. The van der Waals surface area contributed by atoms with E-state index >= 15 is 0 Å². The highest BCUT2D eigenvalue weighted by Gasteiger charge is 2.17. The van der Waals surface area contributed by atoms with Crippen molar-refractivity contribution in [3.8, 4) is 5.75 Å². The van der Waals surface area contributed by atoms with Crippen LogP contribution in [-0.4, -0.2) is 16.6 Å². The van der Waals surface area contributed by atoms with Crippen molar-refractivity contribution in [2.24, 2.45) is 0 Å². The van der Waals surface area contributed by atoms with Crippen LogP contribution in [0.25, 0.3) is 0 Å². The van der Waals surface area contributed by atoms with Gasteiger partial charge in [0.15, 0.2) is 0 Å². The molecule has 18 heavy (non-hydrogen) atoms. The van der Waals surface area contributed by atoms with Gasteiger partial charge in [-0.25, -0.2) is 0 Å². The number of ether oxygens (including phenoxy) is 1. The average Bonchev–Trinajstić information content (AvgIpc) is 2.39. The molecule has 0 amide bonds. The predicted molar refractivity (Wildman–Crippen MR) is 70.2 cm³/mol. The Labute approximate surface area is 107 Å². The molecule has 0 aliphatic carbocycles. The van der Waals surface area contributed by atoms with Gasteiger partial charge in [-0.2, -0.15) is 0 Å². The molecule has 1 aromatic carbocycles. The first-order valence-electron chi connectivity index (χ1n) is 6.15. The molecule has 3 nitrogen and oxygen atoms in total. The lowest BCUT2D eigenvalue weighted by atomic mass is 10.1. The fourth-order valence-electron chi connectivity index (χ4n) is 2.27. The lowest BCUT2D eigenvalue weighted by molar-refractivity contribution is 0.0886. The van der Waals surface area contributed by atoms with E-state index in [9.17, 15) is 0 Å². The minimum Gasteiger partial charge on any atom is -0.478 e. The third kappa shape index (κ3) is 2.36. The first-order valence-corrected chi connectivity index (χ1v) is 6.15. The molecule has 0 fully saturated rings. The number of benzene rings is 1. The quantitative estimate of drug-likeness (QED) is 0.807. The number of hydrogen-bond acceptors (Lipinski definition) is 3. The van der Waals surface area contributed by atoms with Crippen LogP contribution in [-0.2, 0) is 13.1 Å². The molecule has 0 unspecified atom stereocenters. The van der Waals surface area contributed by atoms with Gasteiger partial charge < -0.3 is 4.74 Å². The van der Waals surface area contributed by atoms with Gasteiger partial charge in [-0.05, 0) is 30.7 Å². The van der Waals surface area contributed by atoms with Crippen molar-refractivity contribution in [2.75, 3.05) is 6.73 Å². The van der Waals surface area contributed by atoms with E-state index in [0.717, 1.165) is 18.8 Å². The molecule has 1 aliphatic heterocycles. The van der Waals surface area contributed by atoms with Gasteiger partial charge in [-0.3, -0.25) is 9.88 Å². The van der Waals surface area contributed by atoms with E-state index in [1.165, 1.54) is 16.7 Å². The van der Waals surface area contributed by atoms with Gasteiger partial charge in [0.25, 0.3) is 0 Å². The van der Waals surface area contributed by atoms with Crippen LogP contribution >= 0.6 is 0 Å². The summed E-state index contributed by atoms with van der Waals surface area (Å²) in [7, 11) is 0. The molecule has 2 aromatic rings. The standard InChI is InChI=1S/C15H16N2O/c1-12-2-3-15-14(8-12)10-17(11-18-15)9-13-4-6-16-7-5-13/h2-8H,9-11H2,1H3. The van der Waals surface area contributed by atoms with Crippen molar-refractivity contribution in [2.45, 2.75) is 20.0 Å². The zero-order chi connectivity index (χ0) is 12.4. The van der Waals surface area contributed by atoms with Crippen molar-refractivity contribution in [1.29, 1.82) is 0 Å². The highest BCUT2D eigenvalue weighted by molar-refractivity contribution is 5.37. The van der Waals surface area contributed by atoms with Gasteiger partial charge in [0.2, 0.25) is 0 Å². The van der Waals surface area contributed by atoms with Crippen LogP contribution in [0.1, 0.15) is 16.7 Å². The third-order valence-electron chi connectivity index (χ3n) is 3.17. The number of hydrogen-bond donors (Lipinski definition) is 0. The maximum atomic E-state index is 5.77. The Morgan fingerprint density at radius 3 is 2.89 bits per heavy atom. The van der Waals surface area contributed by atoms with Crippen molar-refractivity contribution in [3.63, 3.8) is 0 Å². The van der Waals surface area contributed by atoms with Gasteiger partial charge >= 0.3 is 0 Å². The lowest BCUT2D eigenvalue weighted by Crippen LogP contribution is -2.31. The Morgan fingerprint density at radius 1 is 1.22 bits per heavy atom. The normalized spacial score (nSPS) is 14.9. The summed E-state index contributed by atoms with van der Waals surface area (Å²) in [6.07, 6.45) is 3.66. The molecule has 0 N–H and O–H groups in total.